The quantitative estimate of drug-likeness (QED) is 0.789. The molecule has 1 fully saturated rings. The smallest absolute Gasteiger partial charge is 0.134 e. The summed E-state index contributed by atoms with van der Waals surface area (Å²) in [6, 6.07) is 0.748. The first-order chi connectivity index (χ1) is 10.1. The Hall–Kier alpha value is -1.36. The molecule has 1 atom stereocenters. The number of piperidine rings is 1. The maximum Gasteiger partial charge on any atom is 0.134 e. The third kappa shape index (κ3) is 4.30. The summed E-state index contributed by atoms with van der Waals surface area (Å²) < 4.78 is 0. The van der Waals surface area contributed by atoms with Gasteiger partial charge in [-0.3, -0.25) is 0 Å². The van der Waals surface area contributed by atoms with Gasteiger partial charge in [-0.25, -0.2) is 9.97 Å². The Bertz CT molecular complexity index is 460. The number of nitrogens with one attached hydrogen (secondary N) is 2. The van der Waals surface area contributed by atoms with Gasteiger partial charge in [0, 0.05) is 31.7 Å². The lowest BCUT2D eigenvalue weighted by Crippen LogP contribution is -2.38. The lowest BCUT2D eigenvalue weighted by atomic mass is 10.0. The van der Waals surface area contributed by atoms with Gasteiger partial charge in [0.1, 0.15) is 17.5 Å². The molecule has 2 N–H and O–H groups in total. The Kier molecular flexibility index (Phi) is 5.79. The molecule has 0 amide bonds. The van der Waals surface area contributed by atoms with E-state index in [2.05, 4.69) is 39.3 Å². The Balaban J connectivity index is 1.82. The van der Waals surface area contributed by atoms with E-state index in [4.69, 9.17) is 0 Å². The minimum absolute atomic E-state index is 0.748. The van der Waals surface area contributed by atoms with Crippen molar-refractivity contribution in [3.63, 3.8) is 0 Å². The van der Waals surface area contributed by atoms with Crippen molar-refractivity contribution >= 4 is 11.6 Å². The van der Waals surface area contributed by atoms with E-state index in [9.17, 15) is 0 Å². The molecule has 118 valence electrons. The minimum atomic E-state index is 0.748. The van der Waals surface area contributed by atoms with Crippen LogP contribution in [0.15, 0.2) is 0 Å². The zero-order valence-electron chi connectivity index (χ0n) is 13.9. The standard InChI is InChI=1S/C16H29N5/c1-12-8-5-6-10-21(12)11-7-9-18-16-13(2)15(17-4)19-14(3)20-16/h12H,5-11H2,1-4H3,(H2,17,18,19,20). The molecule has 0 spiro atoms. The van der Waals surface area contributed by atoms with Crippen LogP contribution in [0.5, 0.6) is 0 Å². The Morgan fingerprint density at radius 2 is 1.95 bits per heavy atom. The summed E-state index contributed by atoms with van der Waals surface area (Å²) in [7, 11) is 1.90. The molecule has 5 nitrogen and oxygen atoms in total. The summed E-state index contributed by atoms with van der Waals surface area (Å²) in [5.41, 5.74) is 1.09. The topological polar surface area (TPSA) is 53.1 Å². The predicted molar refractivity (Wildman–Crippen MR) is 89.0 cm³/mol. The molecule has 0 radical (unpaired) electrons. The first-order valence-corrected chi connectivity index (χ1v) is 8.12. The SMILES string of the molecule is CNc1nc(C)nc(NCCCN2CCCCC2C)c1C. The number of hydrogen-bond acceptors (Lipinski definition) is 5. The van der Waals surface area contributed by atoms with Gasteiger partial charge in [-0.05, 0) is 46.6 Å². The van der Waals surface area contributed by atoms with Crippen LogP contribution in [-0.4, -0.2) is 47.6 Å². The van der Waals surface area contributed by atoms with Gasteiger partial charge in [0.2, 0.25) is 0 Å². The van der Waals surface area contributed by atoms with Gasteiger partial charge < -0.3 is 15.5 Å². The van der Waals surface area contributed by atoms with E-state index in [1.54, 1.807) is 0 Å². The molecule has 0 bridgehead atoms. The number of anilines is 2. The Morgan fingerprint density at radius 1 is 1.19 bits per heavy atom. The minimum Gasteiger partial charge on any atom is -0.373 e. The maximum absolute atomic E-state index is 4.50. The van der Waals surface area contributed by atoms with Crippen LogP contribution in [0.25, 0.3) is 0 Å². The Labute approximate surface area is 128 Å². The fraction of sp³-hybridized carbons (Fsp3) is 0.750. The first kappa shape index (κ1) is 16.0. The average Bonchev–Trinajstić information content (AvgIpc) is 2.48. The van der Waals surface area contributed by atoms with Crippen LogP contribution < -0.4 is 10.6 Å². The van der Waals surface area contributed by atoms with Crippen LogP contribution >= 0.6 is 0 Å². The first-order valence-electron chi connectivity index (χ1n) is 8.12. The third-order valence-electron chi connectivity index (χ3n) is 4.35. The van der Waals surface area contributed by atoms with Crippen molar-refractivity contribution in [3.8, 4) is 0 Å². The number of aryl methyl sites for hydroxylation is 1. The van der Waals surface area contributed by atoms with E-state index in [1.807, 2.05) is 14.0 Å². The van der Waals surface area contributed by atoms with Crippen LogP contribution in [0, 0.1) is 13.8 Å². The van der Waals surface area contributed by atoms with Crippen molar-refractivity contribution in [1.82, 2.24) is 14.9 Å². The van der Waals surface area contributed by atoms with E-state index >= 15 is 0 Å². The number of nitrogens with zero attached hydrogens (tertiary/aromatic N) is 3. The molecule has 1 aliphatic rings. The highest BCUT2D eigenvalue weighted by molar-refractivity contribution is 5.56. The van der Waals surface area contributed by atoms with Crippen molar-refractivity contribution in [2.45, 2.75) is 52.5 Å². The van der Waals surface area contributed by atoms with Crippen LogP contribution in [0.4, 0.5) is 11.6 Å². The summed E-state index contributed by atoms with van der Waals surface area (Å²) >= 11 is 0. The van der Waals surface area contributed by atoms with Gasteiger partial charge in [-0.15, -0.1) is 0 Å². The zero-order chi connectivity index (χ0) is 15.2. The van der Waals surface area contributed by atoms with Crippen LogP contribution in [0.1, 0.15) is 44.0 Å². The van der Waals surface area contributed by atoms with Crippen molar-refractivity contribution in [2.75, 3.05) is 37.3 Å². The Morgan fingerprint density at radius 3 is 2.67 bits per heavy atom. The van der Waals surface area contributed by atoms with Gasteiger partial charge in [0.05, 0.1) is 0 Å². The second kappa shape index (κ2) is 7.59. The van der Waals surface area contributed by atoms with Gasteiger partial charge in [-0.1, -0.05) is 6.42 Å². The number of hydrogen-bond donors (Lipinski definition) is 2. The summed E-state index contributed by atoms with van der Waals surface area (Å²) in [6.45, 7) is 9.74. The molecule has 1 aromatic rings. The van der Waals surface area contributed by atoms with E-state index in [1.165, 1.54) is 32.4 Å². The summed E-state index contributed by atoms with van der Waals surface area (Å²) in [6.07, 6.45) is 5.25. The fourth-order valence-corrected chi connectivity index (χ4v) is 3.02. The highest BCUT2D eigenvalue weighted by Crippen LogP contribution is 2.19. The normalized spacial score (nSPS) is 19.5. The van der Waals surface area contributed by atoms with Crippen LogP contribution in [-0.2, 0) is 0 Å². The molecule has 0 aliphatic carbocycles. The van der Waals surface area contributed by atoms with Gasteiger partial charge in [0.15, 0.2) is 0 Å². The molecule has 0 aromatic carbocycles. The predicted octanol–water partition coefficient (Wildman–Crippen LogP) is 2.81. The molecular formula is C16H29N5. The molecule has 1 aromatic heterocycles. The van der Waals surface area contributed by atoms with E-state index in [0.29, 0.717) is 0 Å². The van der Waals surface area contributed by atoms with Crippen molar-refractivity contribution in [1.29, 1.82) is 0 Å². The van der Waals surface area contributed by atoms with E-state index in [-0.39, 0.29) is 0 Å². The van der Waals surface area contributed by atoms with E-state index < -0.39 is 0 Å². The maximum atomic E-state index is 4.50. The molecule has 1 saturated heterocycles. The molecule has 1 aliphatic heterocycles. The summed E-state index contributed by atoms with van der Waals surface area (Å²) in [5.74, 6) is 2.67. The second-order valence-corrected chi connectivity index (χ2v) is 6.00. The zero-order valence-corrected chi connectivity index (χ0v) is 13.9. The van der Waals surface area contributed by atoms with Crippen LogP contribution in [0.3, 0.4) is 0 Å². The number of aromatic nitrogens is 2. The van der Waals surface area contributed by atoms with Crippen LogP contribution in [0.2, 0.25) is 0 Å². The molecule has 1 unspecified atom stereocenters. The van der Waals surface area contributed by atoms with Crippen molar-refractivity contribution in [3.05, 3.63) is 11.4 Å². The molecule has 2 heterocycles. The van der Waals surface area contributed by atoms with Crippen molar-refractivity contribution in [2.24, 2.45) is 0 Å². The molecule has 21 heavy (non-hydrogen) atoms. The lowest BCUT2D eigenvalue weighted by Gasteiger charge is -2.33. The monoisotopic (exact) mass is 291 g/mol. The number of likely N-dealkylation sites (tertiary alicyclic amines) is 1. The second-order valence-electron chi connectivity index (χ2n) is 6.00. The molecule has 2 rings (SSSR count). The third-order valence-corrected chi connectivity index (χ3v) is 4.35. The molecule has 0 saturated carbocycles. The van der Waals surface area contributed by atoms with Gasteiger partial charge >= 0.3 is 0 Å². The highest BCUT2D eigenvalue weighted by atomic mass is 15.2. The van der Waals surface area contributed by atoms with E-state index in [0.717, 1.165) is 42.0 Å². The van der Waals surface area contributed by atoms with Gasteiger partial charge in [0.25, 0.3) is 0 Å². The molecule has 5 heteroatoms. The average molecular weight is 291 g/mol. The summed E-state index contributed by atoms with van der Waals surface area (Å²) in [4.78, 5) is 11.5. The van der Waals surface area contributed by atoms with Gasteiger partial charge in [-0.2, -0.15) is 0 Å². The number of rotatable bonds is 6. The largest absolute Gasteiger partial charge is 0.373 e. The highest BCUT2D eigenvalue weighted by Gasteiger charge is 2.17. The summed E-state index contributed by atoms with van der Waals surface area (Å²) in [5, 5.41) is 6.59. The lowest BCUT2D eigenvalue weighted by molar-refractivity contribution is 0.160. The fourth-order valence-electron chi connectivity index (χ4n) is 3.02. The molecular weight excluding hydrogens is 262 g/mol. The van der Waals surface area contributed by atoms with Crippen molar-refractivity contribution < 1.29 is 0 Å².